The number of carbonyl (C=O) groups excluding carboxylic acids is 1. The van der Waals surface area contributed by atoms with Crippen LogP contribution in [0.5, 0.6) is 5.75 Å². The van der Waals surface area contributed by atoms with Crippen molar-refractivity contribution in [2.75, 3.05) is 12.1 Å². The predicted octanol–water partition coefficient (Wildman–Crippen LogP) is 3.56. The van der Waals surface area contributed by atoms with Crippen molar-refractivity contribution in [2.45, 2.75) is 37.6 Å². The summed E-state index contributed by atoms with van der Waals surface area (Å²) in [5, 5.41) is 12.0. The number of aromatic nitrogens is 1. The molecule has 0 saturated carbocycles. The van der Waals surface area contributed by atoms with Crippen LogP contribution in [0.25, 0.3) is 4.85 Å². The molecule has 3 heterocycles. The van der Waals surface area contributed by atoms with Crippen LogP contribution in [0.4, 0.5) is 18.9 Å². The molecule has 1 aromatic heterocycles. The quantitative estimate of drug-likeness (QED) is 0.737. The second-order valence-corrected chi connectivity index (χ2v) is 7.79. The highest BCUT2D eigenvalue weighted by molar-refractivity contribution is 5.96. The Bertz CT molecular complexity index is 1120. The Kier molecular flexibility index (Phi) is 4.92. The standard InChI is InChI=1S/C21H19F3N4O3/c1-25-14-11-27-17(19(30)18(14)29)20(31)26(2)15-9-8-13(10-21(22,23)24)16(28(15)27)12-6-4-3-5-7-12/h3-7,11,13,15-16,30H,8-10H2,2H3/t13-,15+,16-/m1/s1. The van der Waals surface area contributed by atoms with Gasteiger partial charge in [0.05, 0.1) is 12.6 Å². The fourth-order valence-electron chi connectivity index (χ4n) is 4.63. The molecule has 1 N–H and O–H groups in total. The fourth-order valence-corrected chi connectivity index (χ4v) is 4.63. The first-order chi connectivity index (χ1) is 14.6. The van der Waals surface area contributed by atoms with E-state index in [0.29, 0.717) is 5.56 Å². The summed E-state index contributed by atoms with van der Waals surface area (Å²) in [4.78, 5) is 29.6. The molecule has 3 atom stereocenters. The lowest BCUT2D eigenvalue weighted by Crippen LogP contribution is -2.64. The molecule has 10 heteroatoms. The number of aromatic hydroxyl groups is 1. The minimum atomic E-state index is -4.39. The summed E-state index contributed by atoms with van der Waals surface area (Å²) in [6.45, 7) is 7.23. The van der Waals surface area contributed by atoms with Gasteiger partial charge in [0.1, 0.15) is 6.17 Å². The molecule has 1 aromatic carbocycles. The highest BCUT2D eigenvalue weighted by Gasteiger charge is 2.49. The molecule has 0 bridgehead atoms. The first-order valence-corrected chi connectivity index (χ1v) is 9.67. The largest absolute Gasteiger partial charge is 0.503 e. The number of piperidine rings is 1. The van der Waals surface area contributed by atoms with E-state index in [1.54, 1.807) is 35.3 Å². The zero-order valence-electron chi connectivity index (χ0n) is 16.5. The summed E-state index contributed by atoms with van der Waals surface area (Å²) in [5.41, 5.74) is -1.15. The molecule has 2 aromatic rings. The lowest BCUT2D eigenvalue weighted by molar-refractivity contribution is -0.149. The number of rotatable bonds is 2. The maximum absolute atomic E-state index is 13.4. The smallest absolute Gasteiger partial charge is 0.389 e. The summed E-state index contributed by atoms with van der Waals surface area (Å²) in [7, 11) is 1.49. The molecule has 0 aliphatic carbocycles. The number of hydrogen-bond acceptors (Lipinski definition) is 4. The minimum absolute atomic E-state index is 0.231. The second-order valence-electron chi connectivity index (χ2n) is 7.79. The van der Waals surface area contributed by atoms with Crippen LogP contribution in [0.15, 0.2) is 41.3 Å². The van der Waals surface area contributed by atoms with E-state index in [2.05, 4.69) is 4.85 Å². The lowest BCUT2D eigenvalue weighted by Gasteiger charge is -2.54. The molecule has 1 saturated heterocycles. The number of pyridine rings is 1. The molecule has 0 unspecified atom stereocenters. The monoisotopic (exact) mass is 432 g/mol. The summed E-state index contributed by atoms with van der Waals surface area (Å²) < 4.78 is 41.4. The number of nitrogens with zero attached hydrogens (tertiary/aromatic N) is 4. The molecule has 1 fully saturated rings. The topological polar surface area (TPSA) is 70.1 Å². The molecule has 2 aliphatic heterocycles. The molecule has 2 aliphatic rings. The van der Waals surface area contributed by atoms with E-state index in [1.807, 2.05) is 0 Å². The van der Waals surface area contributed by atoms with E-state index in [0.717, 1.165) is 6.20 Å². The highest BCUT2D eigenvalue weighted by atomic mass is 19.4. The zero-order valence-corrected chi connectivity index (χ0v) is 16.5. The van der Waals surface area contributed by atoms with Gasteiger partial charge in [-0.15, -0.1) is 0 Å². The molecule has 7 nitrogen and oxygen atoms in total. The number of fused-ring (bicyclic) bond motifs is 3. The van der Waals surface area contributed by atoms with Crippen molar-refractivity contribution in [1.82, 2.24) is 9.58 Å². The van der Waals surface area contributed by atoms with Crippen molar-refractivity contribution in [1.29, 1.82) is 0 Å². The molecule has 31 heavy (non-hydrogen) atoms. The number of amides is 1. The third kappa shape index (κ3) is 3.40. The second kappa shape index (κ2) is 7.34. The van der Waals surface area contributed by atoms with E-state index < -0.39 is 53.5 Å². The number of halogens is 3. The Morgan fingerprint density at radius 3 is 2.48 bits per heavy atom. The van der Waals surface area contributed by atoms with Crippen LogP contribution in [0.1, 0.15) is 41.4 Å². The Hall–Kier alpha value is -3.48. The molecule has 0 radical (unpaired) electrons. The zero-order chi connectivity index (χ0) is 22.5. The third-order valence-electron chi connectivity index (χ3n) is 5.95. The minimum Gasteiger partial charge on any atom is -0.503 e. The van der Waals surface area contributed by atoms with E-state index in [4.69, 9.17) is 6.57 Å². The van der Waals surface area contributed by atoms with Gasteiger partial charge in [-0.25, -0.2) is 4.85 Å². The van der Waals surface area contributed by atoms with Crippen LogP contribution in [0.3, 0.4) is 0 Å². The van der Waals surface area contributed by atoms with Gasteiger partial charge in [0.25, 0.3) is 11.6 Å². The SMILES string of the molecule is [C-]#[N+]c1cn2c(c(O)c1=O)C(=O)N(C)[C@@H]1CC[C@H](CC(F)(F)F)[C@@H](c3ccccc3)N12. The Balaban J connectivity index is 1.97. The lowest BCUT2D eigenvalue weighted by atomic mass is 9.81. The van der Waals surface area contributed by atoms with Gasteiger partial charge in [-0.05, 0) is 24.3 Å². The van der Waals surface area contributed by atoms with Gasteiger partial charge in [0, 0.05) is 19.7 Å². The molecular weight excluding hydrogens is 413 g/mol. The van der Waals surface area contributed by atoms with Crippen molar-refractivity contribution in [3.63, 3.8) is 0 Å². The van der Waals surface area contributed by atoms with Crippen LogP contribution in [-0.4, -0.2) is 40.0 Å². The van der Waals surface area contributed by atoms with Gasteiger partial charge < -0.3 is 10.0 Å². The molecule has 1 amide bonds. The van der Waals surface area contributed by atoms with Crippen molar-refractivity contribution in [3.8, 4) is 5.75 Å². The number of alkyl halides is 3. The molecule has 162 valence electrons. The van der Waals surface area contributed by atoms with Crippen LogP contribution in [0.2, 0.25) is 0 Å². The first kappa shape index (κ1) is 20.8. The van der Waals surface area contributed by atoms with E-state index in [1.165, 1.54) is 16.6 Å². The van der Waals surface area contributed by atoms with Gasteiger partial charge in [0.2, 0.25) is 5.43 Å². The summed E-state index contributed by atoms with van der Waals surface area (Å²) in [5.74, 6) is -2.34. The van der Waals surface area contributed by atoms with Gasteiger partial charge in [0.15, 0.2) is 11.4 Å². The van der Waals surface area contributed by atoms with Gasteiger partial charge in [-0.2, -0.15) is 13.2 Å². The highest BCUT2D eigenvalue weighted by Crippen LogP contribution is 2.45. The fraction of sp³-hybridized carbons (Fsp3) is 0.381. The number of carbonyl (C=O) groups is 1. The Morgan fingerprint density at radius 2 is 1.87 bits per heavy atom. The van der Waals surface area contributed by atoms with E-state index in [-0.39, 0.29) is 18.5 Å². The van der Waals surface area contributed by atoms with Gasteiger partial charge in [-0.3, -0.25) is 19.3 Å². The Labute approximate surface area is 175 Å². The number of hydrogen-bond donors (Lipinski definition) is 1. The average molecular weight is 432 g/mol. The maximum Gasteiger partial charge on any atom is 0.389 e. The molecular formula is C21H19F3N4O3. The van der Waals surface area contributed by atoms with E-state index >= 15 is 0 Å². The van der Waals surface area contributed by atoms with Crippen LogP contribution < -0.4 is 10.4 Å². The van der Waals surface area contributed by atoms with Crippen LogP contribution in [-0.2, 0) is 0 Å². The predicted molar refractivity (Wildman–Crippen MR) is 105 cm³/mol. The normalized spacial score (nSPS) is 23.2. The van der Waals surface area contributed by atoms with Crippen molar-refractivity contribution < 1.29 is 23.1 Å². The first-order valence-electron chi connectivity index (χ1n) is 9.67. The number of benzene rings is 1. The van der Waals surface area contributed by atoms with E-state index in [9.17, 15) is 27.9 Å². The van der Waals surface area contributed by atoms with Crippen molar-refractivity contribution in [3.05, 3.63) is 69.4 Å². The summed E-state index contributed by atoms with van der Waals surface area (Å²) in [6, 6.07) is 7.82. The summed E-state index contributed by atoms with van der Waals surface area (Å²) in [6.07, 6.45) is -4.38. The Morgan fingerprint density at radius 1 is 1.19 bits per heavy atom. The van der Waals surface area contributed by atoms with Crippen LogP contribution in [0, 0.1) is 12.5 Å². The van der Waals surface area contributed by atoms with Crippen molar-refractivity contribution >= 4 is 11.6 Å². The van der Waals surface area contributed by atoms with Gasteiger partial charge >= 0.3 is 6.18 Å². The van der Waals surface area contributed by atoms with Gasteiger partial charge in [-0.1, -0.05) is 30.3 Å². The maximum atomic E-state index is 13.4. The third-order valence-corrected chi connectivity index (χ3v) is 5.95. The molecule has 4 rings (SSSR count). The molecule has 0 spiro atoms. The average Bonchev–Trinajstić information content (AvgIpc) is 2.73. The van der Waals surface area contributed by atoms with Crippen LogP contribution >= 0.6 is 0 Å². The summed E-state index contributed by atoms with van der Waals surface area (Å²) >= 11 is 0. The van der Waals surface area contributed by atoms with Crippen molar-refractivity contribution in [2.24, 2.45) is 5.92 Å².